The molecule has 0 radical (unpaired) electrons. The summed E-state index contributed by atoms with van der Waals surface area (Å²) in [5, 5.41) is 49.6. The van der Waals surface area contributed by atoms with E-state index < -0.39 is 42.6 Å². The molecular weight excluding hydrogens is 472 g/mol. The second-order valence-electron chi connectivity index (χ2n) is 9.49. The van der Waals surface area contributed by atoms with Crippen molar-refractivity contribution in [2.45, 2.75) is 96.9 Å². The molecule has 0 bridgehead atoms. The first-order valence-corrected chi connectivity index (χ1v) is 13.0. The van der Waals surface area contributed by atoms with Crippen LogP contribution in [0.15, 0.2) is 72.9 Å². The second-order valence-corrected chi connectivity index (χ2v) is 9.49. The molecule has 0 saturated carbocycles. The molecule has 210 valence electrons. The molecule has 0 aliphatic carbocycles. The molecule has 0 heterocycles. The Morgan fingerprint density at radius 3 is 1.76 bits per heavy atom. The number of aliphatic hydroxyl groups is 5. The highest BCUT2D eigenvalue weighted by atomic mass is 16.5. The van der Waals surface area contributed by atoms with E-state index in [4.69, 9.17) is 4.74 Å². The first-order valence-electron chi connectivity index (χ1n) is 13.0. The van der Waals surface area contributed by atoms with Crippen LogP contribution in [-0.2, 0) is 9.53 Å². The van der Waals surface area contributed by atoms with E-state index in [9.17, 15) is 30.3 Å². The van der Waals surface area contributed by atoms with E-state index in [0.717, 1.165) is 0 Å². The Morgan fingerprint density at radius 2 is 1.24 bits per heavy atom. The van der Waals surface area contributed by atoms with Crippen LogP contribution >= 0.6 is 0 Å². The van der Waals surface area contributed by atoms with E-state index in [2.05, 4.69) is 0 Å². The molecule has 0 spiro atoms. The molecule has 37 heavy (non-hydrogen) atoms. The lowest BCUT2D eigenvalue weighted by atomic mass is 9.89. The highest BCUT2D eigenvalue weighted by Crippen LogP contribution is 2.21. The zero-order valence-electron chi connectivity index (χ0n) is 22.9. The molecule has 0 saturated heterocycles. The van der Waals surface area contributed by atoms with E-state index >= 15 is 0 Å². The Bertz CT molecular complexity index is 779. The standard InChI is InChI=1S/C30H48O7/c1-6-7-8-9-10-11-12-13-14-15-16-17-22(2)30(36)23(3)25(5)37-29(35)21-27(33)20-26(32)18-19-28(34)24(4)31/h6-17,22-28,30-34,36H,18-21H2,1-5H3/b7-6+,9-8+,11-10+,13-12+,15-14+,17-16+/t22-,23-,24+,25-,26+,27+,28+,30+/m0/s1. The normalized spacial score (nSPS) is 19.7. The highest BCUT2D eigenvalue weighted by Gasteiger charge is 2.28. The molecule has 7 nitrogen and oxygen atoms in total. The first-order chi connectivity index (χ1) is 17.5. The molecule has 7 heteroatoms. The van der Waals surface area contributed by atoms with Gasteiger partial charge in [-0.25, -0.2) is 0 Å². The van der Waals surface area contributed by atoms with Crippen LogP contribution in [0.2, 0.25) is 0 Å². The van der Waals surface area contributed by atoms with Gasteiger partial charge >= 0.3 is 5.97 Å². The molecule has 0 aromatic rings. The SMILES string of the molecule is C/C=C/C=C/C=C/C=C/C=C/C=C/[C@H](C)[C@@H](O)[C@@H](C)[C@H](C)OC(=O)C[C@H](O)C[C@H](O)CC[C@@H](O)[C@@H](C)O. The Morgan fingerprint density at radius 1 is 0.730 bits per heavy atom. The predicted molar refractivity (Wildman–Crippen MR) is 149 cm³/mol. The van der Waals surface area contributed by atoms with Gasteiger partial charge in [0.05, 0.1) is 36.9 Å². The lowest BCUT2D eigenvalue weighted by Crippen LogP contribution is -2.35. The highest BCUT2D eigenvalue weighted by molar-refractivity contribution is 5.70. The fraction of sp³-hybridized carbons (Fsp3) is 0.567. The summed E-state index contributed by atoms with van der Waals surface area (Å²) in [5.41, 5.74) is 0. The molecule has 8 atom stereocenters. The third-order valence-corrected chi connectivity index (χ3v) is 6.04. The van der Waals surface area contributed by atoms with Crippen molar-refractivity contribution in [1.29, 1.82) is 0 Å². The van der Waals surface area contributed by atoms with E-state index in [1.165, 1.54) is 6.92 Å². The van der Waals surface area contributed by atoms with Gasteiger partial charge in [-0.3, -0.25) is 4.79 Å². The molecule has 5 N–H and O–H groups in total. The molecule has 0 aliphatic rings. The van der Waals surface area contributed by atoms with Crippen LogP contribution in [0.5, 0.6) is 0 Å². The number of hydrogen-bond donors (Lipinski definition) is 5. The van der Waals surface area contributed by atoms with Gasteiger partial charge in [-0.1, -0.05) is 86.8 Å². The Kier molecular flexibility index (Phi) is 19.4. The smallest absolute Gasteiger partial charge is 0.308 e. The van der Waals surface area contributed by atoms with Crippen molar-refractivity contribution < 1.29 is 35.1 Å². The van der Waals surface area contributed by atoms with Gasteiger partial charge in [0.2, 0.25) is 0 Å². The number of carbonyl (C=O) groups is 1. The van der Waals surface area contributed by atoms with Crippen molar-refractivity contribution in [2.75, 3.05) is 0 Å². The average Bonchev–Trinajstić information content (AvgIpc) is 2.84. The summed E-state index contributed by atoms with van der Waals surface area (Å²) in [6, 6.07) is 0. The topological polar surface area (TPSA) is 127 Å². The first kappa shape index (κ1) is 34.7. The number of aliphatic hydroxyl groups excluding tert-OH is 5. The third kappa shape index (κ3) is 17.7. The van der Waals surface area contributed by atoms with Crippen molar-refractivity contribution in [3.8, 4) is 0 Å². The summed E-state index contributed by atoms with van der Waals surface area (Å²) in [4.78, 5) is 12.2. The fourth-order valence-corrected chi connectivity index (χ4v) is 3.41. The maximum Gasteiger partial charge on any atom is 0.308 e. The number of carbonyl (C=O) groups excluding carboxylic acids is 1. The van der Waals surface area contributed by atoms with E-state index in [0.29, 0.717) is 0 Å². The van der Waals surface area contributed by atoms with Crippen LogP contribution in [0.25, 0.3) is 0 Å². The molecule has 0 aromatic carbocycles. The minimum Gasteiger partial charge on any atom is -0.462 e. The van der Waals surface area contributed by atoms with Crippen molar-refractivity contribution in [1.82, 2.24) is 0 Å². The zero-order valence-corrected chi connectivity index (χ0v) is 22.9. The minimum atomic E-state index is -1.09. The molecule has 0 rings (SSSR count). The predicted octanol–water partition coefficient (Wildman–Crippen LogP) is 3.93. The van der Waals surface area contributed by atoms with Crippen molar-refractivity contribution in [2.24, 2.45) is 11.8 Å². The lowest BCUT2D eigenvalue weighted by Gasteiger charge is -2.28. The molecule has 0 unspecified atom stereocenters. The molecule has 0 amide bonds. The van der Waals surface area contributed by atoms with Crippen LogP contribution in [0.1, 0.15) is 60.3 Å². The number of hydrogen-bond acceptors (Lipinski definition) is 7. The van der Waals surface area contributed by atoms with Crippen LogP contribution in [-0.4, -0.2) is 68.1 Å². The monoisotopic (exact) mass is 520 g/mol. The third-order valence-electron chi connectivity index (χ3n) is 6.04. The summed E-state index contributed by atoms with van der Waals surface area (Å²) in [7, 11) is 0. The van der Waals surface area contributed by atoms with Crippen molar-refractivity contribution in [3.63, 3.8) is 0 Å². The van der Waals surface area contributed by atoms with Gasteiger partial charge < -0.3 is 30.3 Å². The number of allylic oxidation sites excluding steroid dienone is 11. The maximum absolute atomic E-state index is 12.2. The molecular formula is C30H48O7. The Labute approximate surface area is 222 Å². The lowest BCUT2D eigenvalue weighted by molar-refractivity contribution is -0.155. The summed E-state index contributed by atoms with van der Waals surface area (Å²) < 4.78 is 5.40. The van der Waals surface area contributed by atoms with Gasteiger partial charge in [0.25, 0.3) is 0 Å². The molecule has 0 aromatic heterocycles. The van der Waals surface area contributed by atoms with Crippen LogP contribution in [0.3, 0.4) is 0 Å². The summed E-state index contributed by atoms with van der Waals surface area (Å²) in [5.74, 6) is -1.11. The van der Waals surface area contributed by atoms with Crippen LogP contribution in [0, 0.1) is 11.8 Å². The Balaban J connectivity index is 4.47. The van der Waals surface area contributed by atoms with Crippen LogP contribution in [0.4, 0.5) is 0 Å². The summed E-state index contributed by atoms with van der Waals surface area (Å²) in [6.45, 7) is 8.81. The van der Waals surface area contributed by atoms with Gasteiger partial charge in [0.1, 0.15) is 6.10 Å². The number of esters is 1. The number of rotatable bonds is 18. The van der Waals surface area contributed by atoms with Crippen LogP contribution < -0.4 is 0 Å². The zero-order chi connectivity index (χ0) is 28.2. The molecule has 0 aliphatic heterocycles. The number of ether oxygens (including phenoxy) is 1. The van der Waals surface area contributed by atoms with E-state index in [-0.39, 0.29) is 37.5 Å². The fourth-order valence-electron chi connectivity index (χ4n) is 3.41. The van der Waals surface area contributed by atoms with Crippen molar-refractivity contribution >= 4 is 5.97 Å². The van der Waals surface area contributed by atoms with E-state index in [1.807, 2.05) is 86.8 Å². The average molecular weight is 521 g/mol. The van der Waals surface area contributed by atoms with Gasteiger partial charge in [0.15, 0.2) is 0 Å². The van der Waals surface area contributed by atoms with Gasteiger partial charge in [-0.15, -0.1) is 0 Å². The quantitative estimate of drug-likeness (QED) is 0.137. The van der Waals surface area contributed by atoms with Gasteiger partial charge in [-0.05, 0) is 40.0 Å². The Hall–Kier alpha value is -2.29. The molecule has 0 fully saturated rings. The summed E-state index contributed by atoms with van der Waals surface area (Å²) in [6.07, 6.45) is 17.9. The van der Waals surface area contributed by atoms with Gasteiger partial charge in [-0.2, -0.15) is 0 Å². The van der Waals surface area contributed by atoms with Crippen molar-refractivity contribution in [3.05, 3.63) is 72.9 Å². The summed E-state index contributed by atoms with van der Waals surface area (Å²) >= 11 is 0. The largest absolute Gasteiger partial charge is 0.462 e. The van der Waals surface area contributed by atoms with Gasteiger partial charge in [0, 0.05) is 11.8 Å². The van der Waals surface area contributed by atoms with E-state index in [1.54, 1.807) is 13.8 Å². The second kappa shape index (κ2) is 20.7. The maximum atomic E-state index is 12.2. The minimum absolute atomic E-state index is 0.0391.